The molecule has 3 nitrogen and oxygen atoms in total. The van der Waals surface area contributed by atoms with Crippen molar-refractivity contribution >= 4 is 10.9 Å². The summed E-state index contributed by atoms with van der Waals surface area (Å²) in [5.41, 5.74) is 3.82. The lowest BCUT2D eigenvalue weighted by atomic mass is 10.1. The van der Waals surface area contributed by atoms with Crippen LogP contribution in [-0.2, 0) is 13.0 Å². The van der Waals surface area contributed by atoms with Gasteiger partial charge >= 0.3 is 0 Å². The highest BCUT2D eigenvalue weighted by Crippen LogP contribution is 2.23. The number of hydrogen-bond acceptors (Lipinski definition) is 2. The van der Waals surface area contributed by atoms with E-state index < -0.39 is 0 Å². The number of benzene rings is 2. The van der Waals surface area contributed by atoms with E-state index >= 15 is 0 Å². The van der Waals surface area contributed by atoms with Crippen molar-refractivity contribution in [3.05, 3.63) is 65.9 Å². The lowest BCUT2D eigenvalue weighted by molar-refractivity contribution is 0.475. The highest BCUT2D eigenvalue weighted by molar-refractivity contribution is 5.84. The van der Waals surface area contributed by atoms with Crippen LogP contribution in [0.1, 0.15) is 11.1 Å². The topological polar surface area (TPSA) is 37.2 Å². The van der Waals surface area contributed by atoms with Crippen molar-refractivity contribution < 1.29 is 5.11 Å². The van der Waals surface area contributed by atoms with Gasteiger partial charge in [0.1, 0.15) is 5.75 Å². The number of nitrogens with one attached hydrogen (secondary N) is 1. The summed E-state index contributed by atoms with van der Waals surface area (Å²) in [6, 6.07) is 15.9. The van der Waals surface area contributed by atoms with Gasteiger partial charge in [0.05, 0.1) is 0 Å². The lowest BCUT2D eigenvalue weighted by Gasteiger charge is -2.05. The van der Waals surface area contributed by atoms with Crippen LogP contribution in [0.25, 0.3) is 10.9 Å². The monoisotopic (exact) mass is 280 g/mol. The Balaban J connectivity index is 1.96. The zero-order valence-corrected chi connectivity index (χ0v) is 12.2. The number of likely N-dealkylation sites (N-methyl/N-ethyl adjacent to an activating group) is 1. The van der Waals surface area contributed by atoms with Crippen LogP contribution in [0.15, 0.2) is 54.7 Å². The number of phenolic OH excluding ortho intramolecular Hbond substituents is 1. The van der Waals surface area contributed by atoms with Gasteiger partial charge < -0.3 is 15.0 Å². The molecule has 0 saturated heterocycles. The molecule has 2 N–H and O–H groups in total. The number of aromatic nitrogens is 1. The van der Waals surface area contributed by atoms with Crippen LogP contribution >= 0.6 is 0 Å². The normalized spacial score (nSPS) is 11.1. The summed E-state index contributed by atoms with van der Waals surface area (Å²) in [6.45, 7) is 1.80. The Kier molecular flexibility index (Phi) is 3.93. The van der Waals surface area contributed by atoms with Crippen LogP contribution in [0.4, 0.5) is 0 Å². The molecule has 0 saturated carbocycles. The van der Waals surface area contributed by atoms with E-state index in [1.54, 1.807) is 12.1 Å². The van der Waals surface area contributed by atoms with Crippen molar-refractivity contribution in [2.24, 2.45) is 0 Å². The molecule has 3 aromatic rings. The predicted molar refractivity (Wildman–Crippen MR) is 86.8 cm³/mol. The van der Waals surface area contributed by atoms with Crippen LogP contribution < -0.4 is 5.32 Å². The maximum atomic E-state index is 9.38. The summed E-state index contributed by atoms with van der Waals surface area (Å²) >= 11 is 0. The molecule has 1 aromatic heterocycles. The predicted octanol–water partition coefficient (Wildman–Crippen LogP) is 3.16. The highest BCUT2D eigenvalue weighted by atomic mass is 16.3. The first-order chi connectivity index (χ1) is 10.3. The van der Waals surface area contributed by atoms with E-state index in [9.17, 15) is 5.11 Å². The first-order valence-electron chi connectivity index (χ1n) is 7.27. The zero-order valence-electron chi connectivity index (χ0n) is 12.2. The quantitative estimate of drug-likeness (QED) is 0.753. The van der Waals surface area contributed by atoms with Gasteiger partial charge in [0.2, 0.25) is 0 Å². The molecule has 3 rings (SSSR count). The van der Waals surface area contributed by atoms with Gasteiger partial charge in [-0.05, 0) is 49.3 Å². The second-order valence-corrected chi connectivity index (χ2v) is 5.32. The summed E-state index contributed by atoms with van der Waals surface area (Å²) in [5.74, 6) is 0.311. The molecule has 0 aliphatic heterocycles. The molecule has 1 heterocycles. The van der Waals surface area contributed by atoms with Gasteiger partial charge in [0.15, 0.2) is 0 Å². The number of rotatable bonds is 5. The fourth-order valence-corrected chi connectivity index (χ4v) is 2.71. The molecular formula is C18H20N2O. The van der Waals surface area contributed by atoms with Crippen LogP contribution in [0.5, 0.6) is 5.75 Å². The molecule has 21 heavy (non-hydrogen) atoms. The van der Waals surface area contributed by atoms with Crippen molar-refractivity contribution in [2.45, 2.75) is 13.0 Å². The minimum absolute atomic E-state index is 0.311. The molecule has 0 unspecified atom stereocenters. The smallest absolute Gasteiger partial charge is 0.115 e. The molecule has 108 valence electrons. The van der Waals surface area contributed by atoms with Crippen LogP contribution in [0.2, 0.25) is 0 Å². The van der Waals surface area contributed by atoms with Gasteiger partial charge in [0, 0.05) is 23.6 Å². The molecule has 0 atom stereocenters. The molecule has 0 radical (unpaired) electrons. The van der Waals surface area contributed by atoms with Gasteiger partial charge in [0.25, 0.3) is 0 Å². The Morgan fingerprint density at radius 2 is 1.81 bits per heavy atom. The van der Waals surface area contributed by atoms with Gasteiger partial charge in [-0.15, -0.1) is 0 Å². The van der Waals surface area contributed by atoms with E-state index in [4.69, 9.17) is 0 Å². The van der Waals surface area contributed by atoms with Crippen LogP contribution in [-0.4, -0.2) is 23.3 Å². The van der Waals surface area contributed by atoms with Gasteiger partial charge in [-0.3, -0.25) is 0 Å². The highest BCUT2D eigenvalue weighted by Gasteiger charge is 2.08. The lowest BCUT2D eigenvalue weighted by Crippen LogP contribution is -2.10. The largest absolute Gasteiger partial charge is 0.508 e. The summed E-state index contributed by atoms with van der Waals surface area (Å²) < 4.78 is 2.28. The SMILES string of the molecule is CNCCc1cn(Cc2ccc(O)cc2)c2ccccc12. The molecule has 0 spiro atoms. The number of aromatic hydroxyl groups is 1. The summed E-state index contributed by atoms with van der Waals surface area (Å²) in [4.78, 5) is 0. The van der Waals surface area contributed by atoms with Crippen LogP contribution in [0, 0.1) is 0 Å². The third-order valence-electron chi connectivity index (χ3n) is 3.80. The molecule has 2 aromatic carbocycles. The van der Waals surface area contributed by atoms with Crippen molar-refractivity contribution in [3.8, 4) is 5.75 Å². The molecule has 0 fully saturated rings. The second-order valence-electron chi connectivity index (χ2n) is 5.32. The van der Waals surface area contributed by atoms with E-state index in [-0.39, 0.29) is 0 Å². The maximum absolute atomic E-state index is 9.38. The van der Waals surface area contributed by atoms with Gasteiger partial charge in [-0.2, -0.15) is 0 Å². The fraction of sp³-hybridized carbons (Fsp3) is 0.222. The third kappa shape index (κ3) is 2.93. The van der Waals surface area contributed by atoms with E-state index in [1.165, 1.54) is 22.0 Å². The summed E-state index contributed by atoms with van der Waals surface area (Å²) in [6.07, 6.45) is 3.27. The van der Waals surface area contributed by atoms with E-state index in [0.717, 1.165) is 19.5 Å². The molecule has 0 aliphatic rings. The molecule has 0 bridgehead atoms. The summed E-state index contributed by atoms with van der Waals surface area (Å²) in [7, 11) is 1.98. The third-order valence-corrected chi connectivity index (χ3v) is 3.80. The van der Waals surface area contributed by atoms with E-state index in [1.807, 2.05) is 19.2 Å². The Morgan fingerprint density at radius 1 is 1.05 bits per heavy atom. The van der Waals surface area contributed by atoms with Gasteiger partial charge in [-0.25, -0.2) is 0 Å². The molecule has 3 heteroatoms. The first-order valence-corrected chi connectivity index (χ1v) is 7.27. The first kappa shape index (κ1) is 13.7. The average Bonchev–Trinajstić information content (AvgIpc) is 2.86. The molecule has 0 amide bonds. The van der Waals surface area contributed by atoms with E-state index in [0.29, 0.717) is 5.75 Å². The van der Waals surface area contributed by atoms with Gasteiger partial charge in [-0.1, -0.05) is 30.3 Å². The van der Waals surface area contributed by atoms with Crippen molar-refractivity contribution in [1.29, 1.82) is 0 Å². The van der Waals surface area contributed by atoms with E-state index in [2.05, 4.69) is 40.3 Å². The number of nitrogens with zero attached hydrogens (tertiary/aromatic N) is 1. The minimum atomic E-state index is 0.311. The molecule has 0 aliphatic carbocycles. The number of hydrogen-bond donors (Lipinski definition) is 2. The molecular weight excluding hydrogens is 260 g/mol. The Hall–Kier alpha value is -2.26. The second kappa shape index (κ2) is 6.02. The average molecular weight is 280 g/mol. The Morgan fingerprint density at radius 3 is 2.57 bits per heavy atom. The Labute approximate surface area is 124 Å². The zero-order chi connectivity index (χ0) is 14.7. The Bertz CT molecular complexity index is 729. The number of phenols is 1. The fourth-order valence-electron chi connectivity index (χ4n) is 2.71. The standard InChI is InChI=1S/C18H20N2O/c1-19-11-10-15-13-20(18-5-3-2-4-17(15)18)12-14-6-8-16(21)9-7-14/h2-9,13,19,21H,10-12H2,1H3. The minimum Gasteiger partial charge on any atom is -0.508 e. The maximum Gasteiger partial charge on any atom is 0.115 e. The van der Waals surface area contributed by atoms with Crippen LogP contribution in [0.3, 0.4) is 0 Å². The summed E-state index contributed by atoms with van der Waals surface area (Å²) in [5, 5.41) is 13.9. The number of para-hydroxylation sites is 1. The van der Waals surface area contributed by atoms with Crippen molar-refractivity contribution in [3.63, 3.8) is 0 Å². The van der Waals surface area contributed by atoms with Crippen molar-refractivity contribution in [1.82, 2.24) is 9.88 Å². The number of fused-ring (bicyclic) bond motifs is 1. The van der Waals surface area contributed by atoms with Crippen molar-refractivity contribution in [2.75, 3.05) is 13.6 Å².